The van der Waals surface area contributed by atoms with E-state index in [2.05, 4.69) is 32.0 Å². The van der Waals surface area contributed by atoms with E-state index in [0.29, 0.717) is 25.1 Å². The van der Waals surface area contributed by atoms with Crippen LogP contribution in [0.5, 0.6) is 0 Å². The first-order chi connectivity index (χ1) is 8.44. The van der Waals surface area contributed by atoms with Crippen LogP contribution in [0.15, 0.2) is 22.7 Å². The summed E-state index contributed by atoms with van der Waals surface area (Å²) >= 11 is 3.30. The lowest BCUT2D eigenvalue weighted by Crippen LogP contribution is -2.24. The van der Waals surface area contributed by atoms with Crippen molar-refractivity contribution in [2.24, 2.45) is 0 Å². The molecule has 98 valence electrons. The Morgan fingerprint density at radius 2 is 2.11 bits per heavy atom. The van der Waals surface area contributed by atoms with Gasteiger partial charge < -0.3 is 5.32 Å². The molecule has 0 aliphatic heterocycles. The maximum absolute atomic E-state index is 10.8. The van der Waals surface area contributed by atoms with Crippen molar-refractivity contribution in [3.63, 3.8) is 0 Å². The molecule has 2 N–H and O–H groups in total. The third kappa shape index (κ3) is 5.04. The number of nitrogens with zero attached hydrogens (tertiary/aromatic N) is 1. The van der Waals surface area contributed by atoms with Crippen molar-refractivity contribution < 1.29 is 8.42 Å². The zero-order valence-electron chi connectivity index (χ0n) is 9.90. The summed E-state index contributed by atoms with van der Waals surface area (Å²) in [6.45, 7) is 0.968. The predicted molar refractivity (Wildman–Crippen MR) is 74.8 cm³/mol. The molecule has 0 aliphatic rings. The third-order valence-electron chi connectivity index (χ3n) is 2.16. The number of hydrogen-bond donors (Lipinski definition) is 2. The van der Waals surface area contributed by atoms with E-state index in [4.69, 9.17) is 5.26 Å². The van der Waals surface area contributed by atoms with E-state index < -0.39 is 10.0 Å². The molecular formula is C11H14BrN3O2S. The number of nitrogens with one attached hydrogen (secondary N) is 2. The Labute approximate surface area is 115 Å². The van der Waals surface area contributed by atoms with Crippen molar-refractivity contribution in [1.82, 2.24) is 4.72 Å². The molecular weight excluding hydrogens is 318 g/mol. The molecule has 18 heavy (non-hydrogen) atoms. The summed E-state index contributed by atoms with van der Waals surface area (Å²) in [7, 11) is -3.13. The predicted octanol–water partition coefficient (Wildman–Crippen LogP) is 1.67. The van der Waals surface area contributed by atoms with Crippen molar-refractivity contribution in [2.75, 3.05) is 24.7 Å². The number of anilines is 1. The molecule has 1 rings (SSSR count). The average Bonchev–Trinajstić information content (AvgIpc) is 2.27. The fourth-order valence-corrected chi connectivity index (χ4v) is 2.32. The van der Waals surface area contributed by atoms with E-state index in [-0.39, 0.29) is 0 Å². The van der Waals surface area contributed by atoms with E-state index in [0.717, 1.165) is 16.4 Å². The normalized spacial score (nSPS) is 10.9. The van der Waals surface area contributed by atoms with Gasteiger partial charge in [-0.1, -0.05) is 6.07 Å². The molecule has 0 amide bonds. The van der Waals surface area contributed by atoms with Crippen LogP contribution in [-0.4, -0.2) is 27.8 Å². The van der Waals surface area contributed by atoms with Gasteiger partial charge in [-0.25, -0.2) is 13.1 Å². The van der Waals surface area contributed by atoms with Crippen LogP contribution >= 0.6 is 15.9 Å². The summed E-state index contributed by atoms with van der Waals surface area (Å²) in [4.78, 5) is 0. The van der Waals surface area contributed by atoms with E-state index in [9.17, 15) is 8.42 Å². The third-order valence-corrected chi connectivity index (χ3v) is 3.55. The fraction of sp³-hybridized carbons (Fsp3) is 0.364. The van der Waals surface area contributed by atoms with Gasteiger partial charge in [-0.15, -0.1) is 0 Å². The Hall–Kier alpha value is -1.10. The summed E-state index contributed by atoms with van der Waals surface area (Å²) in [6, 6.07) is 7.56. The zero-order chi connectivity index (χ0) is 13.6. The molecule has 0 fully saturated rings. The van der Waals surface area contributed by atoms with Gasteiger partial charge in [0.25, 0.3) is 0 Å². The van der Waals surface area contributed by atoms with Crippen LogP contribution in [0.25, 0.3) is 0 Å². The lowest BCUT2D eigenvalue weighted by molar-refractivity contribution is 0.586. The highest BCUT2D eigenvalue weighted by atomic mass is 79.9. The molecule has 0 atom stereocenters. The van der Waals surface area contributed by atoms with Crippen LogP contribution < -0.4 is 10.0 Å². The van der Waals surface area contributed by atoms with Gasteiger partial charge in [0.15, 0.2) is 0 Å². The molecule has 0 bridgehead atoms. The number of hydrogen-bond acceptors (Lipinski definition) is 4. The topological polar surface area (TPSA) is 82.0 Å². The quantitative estimate of drug-likeness (QED) is 0.777. The molecule has 1 aromatic rings. The Morgan fingerprint density at radius 1 is 1.39 bits per heavy atom. The molecule has 0 radical (unpaired) electrons. The second-order valence-corrected chi connectivity index (χ2v) is 6.41. The van der Waals surface area contributed by atoms with Gasteiger partial charge in [0, 0.05) is 17.6 Å². The molecule has 0 aromatic heterocycles. The smallest absolute Gasteiger partial charge is 0.208 e. The standard InChI is InChI=1S/C11H14BrN3O2S/c1-18(16,17)15-7-3-6-14-11-5-2-4-10(12)9(11)8-13/h2,4-5,14-15H,3,6-7H2,1H3. The minimum atomic E-state index is -3.13. The number of benzene rings is 1. The Balaban J connectivity index is 2.46. The highest BCUT2D eigenvalue weighted by Crippen LogP contribution is 2.23. The van der Waals surface area contributed by atoms with E-state index in [1.807, 2.05) is 12.1 Å². The molecule has 0 unspecified atom stereocenters. The first-order valence-electron chi connectivity index (χ1n) is 5.31. The molecule has 5 nitrogen and oxygen atoms in total. The maximum atomic E-state index is 10.8. The van der Waals surface area contributed by atoms with Crippen LogP contribution in [0, 0.1) is 11.3 Å². The van der Waals surface area contributed by atoms with E-state index in [1.54, 1.807) is 6.07 Å². The van der Waals surface area contributed by atoms with Crippen LogP contribution in [0.4, 0.5) is 5.69 Å². The van der Waals surface area contributed by atoms with E-state index >= 15 is 0 Å². The molecule has 0 heterocycles. The molecule has 0 spiro atoms. The first-order valence-corrected chi connectivity index (χ1v) is 7.99. The summed E-state index contributed by atoms with van der Waals surface area (Å²) < 4.78 is 24.8. The van der Waals surface area contributed by atoms with Crippen molar-refractivity contribution >= 4 is 31.6 Å². The van der Waals surface area contributed by atoms with Gasteiger partial charge >= 0.3 is 0 Å². The van der Waals surface area contributed by atoms with Crippen LogP contribution in [0.2, 0.25) is 0 Å². The van der Waals surface area contributed by atoms with Gasteiger partial charge in [0.1, 0.15) is 6.07 Å². The molecule has 7 heteroatoms. The highest BCUT2D eigenvalue weighted by Gasteiger charge is 2.05. The zero-order valence-corrected chi connectivity index (χ0v) is 12.3. The first kappa shape index (κ1) is 15.0. The summed E-state index contributed by atoms with van der Waals surface area (Å²) in [6.07, 6.45) is 1.77. The lowest BCUT2D eigenvalue weighted by atomic mass is 10.2. The van der Waals surface area contributed by atoms with Crippen molar-refractivity contribution in [2.45, 2.75) is 6.42 Å². The number of rotatable bonds is 6. The second-order valence-electron chi connectivity index (χ2n) is 3.72. The van der Waals surface area contributed by atoms with Gasteiger partial charge in [-0.2, -0.15) is 5.26 Å². The Kier molecular flexibility index (Phi) is 5.59. The van der Waals surface area contributed by atoms with Crippen LogP contribution in [-0.2, 0) is 10.0 Å². The molecule has 0 aliphatic carbocycles. The Morgan fingerprint density at radius 3 is 2.72 bits per heavy atom. The molecule has 0 saturated carbocycles. The van der Waals surface area contributed by atoms with Gasteiger partial charge in [-0.3, -0.25) is 0 Å². The SMILES string of the molecule is CS(=O)(=O)NCCCNc1cccc(Br)c1C#N. The largest absolute Gasteiger partial charge is 0.384 e. The summed E-state index contributed by atoms with van der Waals surface area (Å²) in [5.41, 5.74) is 1.29. The van der Waals surface area contributed by atoms with Crippen molar-refractivity contribution in [1.29, 1.82) is 5.26 Å². The van der Waals surface area contributed by atoms with E-state index in [1.165, 1.54) is 0 Å². The maximum Gasteiger partial charge on any atom is 0.208 e. The van der Waals surface area contributed by atoms with Crippen molar-refractivity contribution in [3.05, 3.63) is 28.2 Å². The minimum absolute atomic E-state index is 0.377. The second kappa shape index (κ2) is 6.73. The summed E-state index contributed by atoms with van der Waals surface area (Å²) in [5.74, 6) is 0. The molecule has 0 saturated heterocycles. The number of halogens is 1. The minimum Gasteiger partial charge on any atom is -0.384 e. The highest BCUT2D eigenvalue weighted by molar-refractivity contribution is 9.10. The van der Waals surface area contributed by atoms with Gasteiger partial charge in [-0.05, 0) is 34.5 Å². The monoisotopic (exact) mass is 331 g/mol. The number of nitriles is 1. The summed E-state index contributed by atoms with van der Waals surface area (Å²) in [5, 5.41) is 12.1. The van der Waals surface area contributed by atoms with Crippen molar-refractivity contribution in [3.8, 4) is 6.07 Å². The van der Waals surface area contributed by atoms with Gasteiger partial charge in [0.2, 0.25) is 10.0 Å². The van der Waals surface area contributed by atoms with Crippen LogP contribution in [0.3, 0.4) is 0 Å². The lowest BCUT2D eigenvalue weighted by Gasteiger charge is -2.09. The molecule has 1 aromatic carbocycles. The number of sulfonamides is 1. The fourth-order valence-electron chi connectivity index (χ4n) is 1.35. The Bertz CT molecular complexity index is 552. The average molecular weight is 332 g/mol. The van der Waals surface area contributed by atoms with Gasteiger partial charge in [0.05, 0.1) is 17.5 Å². The van der Waals surface area contributed by atoms with Crippen LogP contribution in [0.1, 0.15) is 12.0 Å².